The molecular weight excluding hydrogens is 607 g/mol. The van der Waals surface area contributed by atoms with Crippen LogP contribution in [0.2, 0.25) is 0 Å². The van der Waals surface area contributed by atoms with Gasteiger partial charge in [-0.15, -0.1) is 11.3 Å². The zero-order valence-corrected chi connectivity index (χ0v) is 27.2. The van der Waals surface area contributed by atoms with E-state index in [1.165, 1.54) is 12.8 Å². The fourth-order valence-electron chi connectivity index (χ4n) is 6.08. The molecule has 6 aromatic rings. The van der Waals surface area contributed by atoms with Crippen LogP contribution >= 0.6 is 11.3 Å². The van der Waals surface area contributed by atoms with Gasteiger partial charge in [0.05, 0.1) is 20.0 Å². The van der Waals surface area contributed by atoms with Gasteiger partial charge >= 0.3 is 0 Å². The minimum atomic E-state index is -0.0531. The van der Waals surface area contributed by atoms with Crippen LogP contribution in [0, 0.1) is 0 Å². The molecule has 4 aromatic carbocycles. The maximum Gasteiger partial charge on any atom is 0.195 e. The van der Waals surface area contributed by atoms with E-state index >= 15 is 0 Å². The highest BCUT2D eigenvalue weighted by Crippen LogP contribution is 2.42. The van der Waals surface area contributed by atoms with Crippen molar-refractivity contribution in [1.82, 2.24) is 14.5 Å². The normalized spacial score (nSPS) is 13.2. The molecule has 1 aliphatic heterocycles. The van der Waals surface area contributed by atoms with Crippen molar-refractivity contribution in [3.63, 3.8) is 0 Å². The number of aromatic nitrogens is 2. The molecule has 0 radical (unpaired) electrons. The van der Waals surface area contributed by atoms with Gasteiger partial charge in [0, 0.05) is 50.6 Å². The summed E-state index contributed by atoms with van der Waals surface area (Å²) in [7, 11) is 1.64. The number of imidazole rings is 1. The van der Waals surface area contributed by atoms with E-state index in [2.05, 4.69) is 9.88 Å². The topological polar surface area (TPSA) is 65.8 Å². The Morgan fingerprint density at radius 1 is 0.894 bits per heavy atom. The first-order valence-corrected chi connectivity index (χ1v) is 16.8. The summed E-state index contributed by atoms with van der Waals surface area (Å²) in [4.78, 5) is 21.9. The molecule has 0 amide bonds. The van der Waals surface area contributed by atoms with E-state index in [1.807, 2.05) is 102 Å². The van der Waals surface area contributed by atoms with Crippen LogP contribution in [-0.2, 0) is 13.2 Å². The smallest absolute Gasteiger partial charge is 0.195 e. The number of ketones is 1. The Labute approximate surface area is 279 Å². The Morgan fingerprint density at radius 3 is 2.47 bits per heavy atom. The summed E-state index contributed by atoms with van der Waals surface area (Å²) in [5, 5.41) is 0.898. The van der Waals surface area contributed by atoms with Crippen LogP contribution in [0.4, 0.5) is 0 Å². The third-order valence-electron chi connectivity index (χ3n) is 8.59. The highest BCUT2D eigenvalue weighted by Gasteiger charge is 2.23. The molecule has 0 unspecified atom stereocenters. The standard InChI is InChI=1S/C39H37N3O4S/c1-44-35-23-30(9-10-31(35)25-42-20-17-40-27-42)38(43)37-34-16-15-33(46-26-28-7-3-2-4-8-28)24-36(34)47-39(37)29-11-13-32(14-12-29)45-22-21-41-18-5-6-19-41/h2-4,7-17,20,23-24,27H,5-6,18-19,21-22,25-26H2,1H3. The number of carbonyl (C=O) groups is 1. The number of benzene rings is 4. The first kappa shape index (κ1) is 30.7. The zero-order valence-electron chi connectivity index (χ0n) is 26.4. The summed E-state index contributed by atoms with van der Waals surface area (Å²) in [5.41, 5.74) is 4.29. The molecule has 238 valence electrons. The Bertz CT molecular complexity index is 1950. The first-order valence-electron chi connectivity index (χ1n) is 16.0. The number of hydrogen-bond acceptors (Lipinski definition) is 7. The van der Waals surface area contributed by atoms with Crippen molar-refractivity contribution in [2.75, 3.05) is 33.4 Å². The van der Waals surface area contributed by atoms with Crippen LogP contribution < -0.4 is 14.2 Å². The van der Waals surface area contributed by atoms with Crippen LogP contribution in [0.15, 0.2) is 110 Å². The van der Waals surface area contributed by atoms with Crippen molar-refractivity contribution in [3.8, 4) is 27.7 Å². The zero-order chi connectivity index (χ0) is 32.0. The lowest BCUT2D eigenvalue weighted by molar-refractivity contribution is 0.104. The highest BCUT2D eigenvalue weighted by atomic mass is 32.1. The van der Waals surface area contributed by atoms with E-state index < -0.39 is 0 Å². The molecule has 0 atom stereocenters. The van der Waals surface area contributed by atoms with Crippen LogP contribution in [0.1, 0.15) is 39.9 Å². The minimum absolute atomic E-state index is 0.0531. The van der Waals surface area contributed by atoms with Gasteiger partial charge in [-0.1, -0.05) is 42.5 Å². The molecule has 1 saturated heterocycles. The number of ether oxygens (including phenoxy) is 3. The maximum absolute atomic E-state index is 14.4. The minimum Gasteiger partial charge on any atom is -0.496 e. The van der Waals surface area contributed by atoms with Crippen LogP contribution in [0.5, 0.6) is 17.2 Å². The van der Waals surface area contributed by atoms with Crippen LogP contribution in [-0.4, -0.2) is 53.6 Å². The number of fused-ring (bicyclic) bond motifs is 1. The molecule has 3 heterocycles. The molecule has 0 saturated carbocycles. The van der Waals surface area contributed by atoms with Crippen molar-refractivity contribution < 1.29 is 19.0 Å². The molecule has 0 N–H and O–H groups in total. The number of hydrogen-bond donors (Lipinski definition) is 0. The molecule has 0 aliphatic carbocycles. The molecule has 1 fully saturated rings. The van der Waals surface area contributed by atoms with Gasteiger partial charge < -0.3 is 18.8 Å². The summed E-state index contributed by atoms with van der Waals surface area (Å²) in [5.74, 6) is 2.21. The van der Waals surface area contributed by atoms with Gasteiger partial charge in [-0.3, -0.25) is 9.69 Å². The highest BCUT2D eigenvalue weighted by molar-refractivity contribution is 7.22. The average molecular weight is 644 g/mol. The lowest BCUT2D eigenvalue weighted by atomic mass is 9.96. The largest absolute Gasteiger partial charge is 0.496 e. The van der Waals surface area contributed by atoms with Gasteiger partial charge in [-0.25, -0.2) is 4.98 Å². The number of thiophene rings is 1. The Hall–Kier alpha value is -4.92. The number of rotatable bonds is 13. The van der Waals surface area contributed by atoms with E-state index in [0.717, 1.165) is 62.8 Å². The van der Waals surface area contributed by atoms with Gasteiger partial charge in [0.15, 0.2) is 5.78 Å². The number of likely N-dealkylation sites (tertiary alicyclic amines) is 1. The molecule has 8 heteroatoms. The average Bonchev–Trinajstić information content (AvgIpc) is 3.90. The fourth-order valence-corrected chi connectivity index (χ4v) is 7.31. The molecule has 47 heavy (non-hydrogen) atoms. The molecule has 7 nitrogen and oxygen atoms in total. The van der Waals surface area contributed by atoms with Crippen molar-refractivity contribution in [2.24, 2.45) is 0 Å². The molecular formula is C39H37N3O4S. The van der Waals surface area contributed by atoms with Gasteiger partial charge in [-0.2, -0.15) is 0 Å². The Morgan fingerprint density at radius 2 is 1.70 bits per heavy atom. The first-order chi connectivity index (χ1) is 23.1. The van der Waals surface area contributed by atoms with Gasteiger partial charge in [0.25, 0.3) is 0 Å². The second kappa shape index (κ2) is 14.2. The summed E-state index contributed by atoms with van der Waals surface area (Å²) < 4.78 is 20.9. The van der Waals surface area contributed by atoms with Gasteiger partial charge in [0.2, 0.25) is 0 Å². The van der Waals surface area contributed by atoms with Crippen molar-refractivity contribution in [3.05, 3.63) is 132 Å². The molecule has 0 bridgehead atoms. The molecule has 1 aliphatic rings. The number of methoxy groups -OCH3 is 1. The molecule has 7 rings (SSSR count). The second-order valence-electron chi connectivity index (χ2n) is 11.8. The third kappa shape index (κ3) is 7.09. The lowest BCUT2D eigenvalue weighted by Crippen LogP contribution is -2.25. The van der Waals surface area contributed by atoms with Crippen molar-refractivity contribution in [1.29, 1.82) is 0 Å². The maximum atomic E-state index is 14.4. The summed E-state index contributed by atoms with van der Waals surface area (Å²) in [6.45, 7) is 4.99. The van der Waals surface area contributed by atoms with Crippen molar-refractivity contribution in [2.45, 2.75) is 26.0 Å². The van der Waals surface area contributed by atoms with Crippen LogP contribution in [0.25, 0.3) is 20.5 Å². The summed E-state index contributed by atoms with van der Waals surface area (Å²) in [6.07, 6.45) is 7.97. The van der Waals surface area contributed by atoms with E-state index in [9.17, 15) is 4.79 Å². The van der Waals surface area contributed by atoms with Crippen molar-refractivity contribution >= 4 is 27.2 Å². The monoisotopic (exact) mass is 643 g/mol. The Kier molecular flexibility index (Phi) is 9.31. The lowest BCUT2D eigenvalue weighted by Gasteiger charge is -2.15. The van der Waals surface area contributed by atoms with E-state index in [1.54, 1.807) is 31.0 Å². The van der Waals surface area contributed by atoms with Crippen LogP contribution in [0.3, 0.4) is 0 Å². The fraction of sp³-hybridized carbons (Fsp3) is 0.231. The predicted molar refractivity (Wildman–Crippen MR) is 187 cm³/mol. The van der Waals surface area contributed by atoms with E-state index in [4.69, 9.17) is 14.2 Å². The third-order valence-corrected chi connectivity index (χ3v) is 9.79. The van der Waals surface area contributed by atoms with Gasteiger partial charge in [0.1, 0.15) is 30.5 Å². The van der Waals surface area contributed by atoms with E-state index in [-0.39, 0.29) is 5.78 Å². The summed E-state index contributed by atoms with van der Waals surface area (Å²) >= 11 is 1.60. The number of nitrogens with zero attached hydrogens (tertiary/aromatic N) is 3. The quantitative estimate of drug-likeness (QED) is 0.119. The predicted octanol–water partition coefficient (Wildman–Crippen LogP) is 8.11. The van der Waals surface area contributed by atoms with Gasteiger partial charge in [-0.05, 0) is 85.6 Å². The van der Waals surface area contributed by atoms with E-state index in [0.29, 0.717) is 36.6 Å². The Balaban J connectivity index is 1.20. The number of carbonyl (C=O) groups excluding carboxylic acids is 1. The molecule has 2 aromatic heterocycles. The second-order valence-corrected chi connectivity index (χ2v) is 12.8. The summed E-state index contributed by atoms with van der Waals surface area (Å²) in [6, 6.07) is 29.9. The SMILES string of the molecule is COc1cc(C(=O)c2c(-c3ccc(OCCN4CCCC4)cc3)sc3cc(OCc4ccccc4)ccc23)ccc1Cn1ccnc1. The molecule has 0 spiro atoms.